The van der Waals surface area contributed by atoms with Crippen molar-refractivity contribution in [3.05, 3.63) is 42.5 Å². The maximum Gasteiger partial charge on any atom is 0.125 e. The summed E-state index contributed by atoms with van der Waals surface area (Å²) in [4.78, 5) is 1.19. The quantitative estimate of drug-likeness (QED) is 0.615. The van der Waals surface area contributed by atoms with Crippen molar-refractivity contribution in [2.75, 3.05) is 12.0 Å². The molecule has 0 aromatic heterocycles. The molecule has 0 radical (unpaired) electrons. The van der Waals surface area contributed by atoms with Crippen LogP contribution in [-0.2, 0) is 0 Å². The Labute approximate surface area is 99.1 Å². The fourth-order valence-corrected chi connectivity index (χ4v) is 2.04. The number of rotatable bonds is 2. The smallest absolute Gasteiger partial charge is 0.125 e. The van der Waals surface area contributed by atoms with Crippen molar-refractivity contribution in [1.29, 1.82) is 0 Å². The van der Waals surface area contributed by atoms with Crippen molar-refractivity contribution in [1.82, 2.24) is 0 Å². The molecule has 0 saturated heterocycles. The lowest BCUT2D eigenvalue weighted by atomic mass is 10.0. The fraction of sp³-hybridized carbons (Fsp3) is 0.0769. The van der Waals surface area contributed by atoms with Crippen molar-refractivity contribution < 1.29 is 5.11 Å². The Bertz CT molecular complexity index is 474. The van der Waals surface area contributed by atoms with E-state index in [4.69, 9.17) is 5.73 Å². The van der Waals surface area contributed by atoms with Crippen molar-refractivity contribution in [2.45, 2.75) is 4.90 Å². The Hall–Kier alpha value is -1.61. The molecule has 2 aromatic carbocycles. The van der Waals surface area contributed by atoms with Crippen LogP contribution >= 0.6 is 11.8 Å². The predicted molar refractivity (Wildman–Crippen MR) is 69.7 cm³/mol. The molecule has 0 aliphatic carbocycles. The number of anilines is 1. The first-order valence-corrected chi connectivity index (χ1v) is 6.16. The van der Waals surface area contributed by atoms with Crippen molar-refractivity contribution in [3.8, 4) is 16.9 Å². The van der Waals surface area contributed by atoms with Gasteiger partial charge in [0, 0.05) is 16.1 Å². The lowest BCUT2D eigenvalue weighted by Gasteiger charge is -2.08. The van der Waals surface area contributed by atoms with Crippen LogP contribution in [0.15, 0.2) is 47.4 Å². The molecule has 0 amide bonds. The SMILES string of the molecule is CSc1ccc(-c2c(N)cccc2O)cc1. The van der Waals surface area contributed by atoms with Crippen LogP contribution in [0.3, 0.4) is 0 Å². The first-order valence-electron chi connectivity index (χ1n) is 4.94. The van der Waals surface area contributed by atoms with E-state index in [0.717, 1.165) is 5.56 Å². The Morgan fingerprint density at radius 3 is 2.31 bits per heavy atom. The van der Waals surface area contributed by atoms with Crippen LogP contribution in [0, 0.1) is 0 Å². The monoisotopic (exact) mass is 231 g/mol. The van der Waals surface area contributed by atoms with Gasteiger partial charge in [0.15, 0.2) is 0 Å². The Morgan fingerprint density at radius 1 is 1.06 bits per heavy atom. The van der Waals surface area contributed by atoms with E-state index in [-0.39, 0.29) is 5.75 Å². The van der Waals surface area contributed by atoms with Gasteiger partial charge in [-0.15, -0.1) is 11.8 Å². The van der Waals surface area contributed by atoms with Crippen LogP contribution in [0.25, 0.3) is 11.1 Å². The summed E-state index contributed by atoms with van der Waals surface area (Å²) < 4.78 is 0. The molecule has 0 unspecified atom stereocenters. The van der Waals surface area contributed by atoms with Crippen molar-refractivity contribution in [3.63, 3.8) is 0 Å². The van der Waals surface area contributed by atoms with E-state index in [1.165, 1.54) is 4.90 Å². The molecule has 16 heavy (non-hydrogen) atoms. The van der Waals surface area contributed by atoms with Gasteiger partial charge in [-0.1, -0.05) is 18.2 Å². The molecule has 2 nitrogen and oxygen atoms in total. The zero-order chi connectivity index (χ0) is 11.5. The fourth-order valence-electron chi connectivity index (χ4n) is 1.63. The third kappa shape index (κ3) is 1.99. The number of phenols is 1. The van der Waals surface area contributed by atoms with Gasteiger partial charge in [-0.05, 0) is 36.1 Å². The molecule has 0 spiro atoms. The zero-order valence-corrected chi connectivity index (χ0v) is 9.79. The van der Waals surface area contributed by atoms with E-state index in [2.05, 4.69) is 0 Å². The highest BCUT2D eigenvalue weighted by Gasteiger charge is 2.07. The molecule has 0 bridgehead atoms. The summed E-state index contributed by atoms with van der Waals surface area (Å²) in [5.74, 6) is 0.219. The van der Waals surface area contributed by atoms with Gasteiger partial charge in [-0.2, -0.15) is 0 Å². The van der Waals surface area contributed by atoms with Crippen LogP contribution in [0.2, 0.25) is 0 Å². The summed E-state index contributed by atoms with van der Waals surface area (Å²) in [5.41, 5.74) is 8.10. The molecule has 0 saturated carbocycles. The molecule has 0 aliphatic rings. The number of nitrogen functional groups attached to an aromatic ring is 1. The van der Waals surface area contributed by atoms with Crippen molar-refractivity contribution >= 4 is 17.4 Å². The maximum atomic E-state index is 9.79. The van der Waals surface area contributed by atoms with Crippen molar-refractivity contribution in [2.24, 2.45) is 0 Å². The number of thioether (sulfide) groups is 1. The highest BCUT2D eigenvalue weighted by Crippen LogP contribution is 2.34. The number of benzene rings is 2. The predicted octanol–water partition coefficient (Wildman–Crippen LogP) is 3.36. The molecule has 2 aromatic rings. The van der Waals surface area contributed by atoms with E-state index >= 15 is 0 Å². The van der Waals surface area contributed by atoms with Crippen LogP contribution < -0.4 is 5.73 Å². The van der Waals surface area contributed by atoms with E-state index in [0.29, 0.717) is 11.3 Å². The topological polar surface area (TPSA) is 46.2 Å². The molecule has 0 atom stereocenters. The van der Waals surface area contributed by atoms with E-state index < -0.39 is 0 Å². The average molecular weight is 231 g/mol. The van der Waals surface area contributed by atoms with Gasteiger partial charge in [0.05, 0.1) is 0 Å². The molecular weight excluding hydrogens is 218 g/mol. The lowest BCUT2D eigenvalue weighted by molar-refractivity contribution is 0.477. The van der Waals surface area contributed by atoms with E-state index in [1.54, 1.807) is 30.0 Å². The second-order valence-electron chi connectivity index (χ2n) is 3.47. The summed E-state index contributed by atoms with van der Waals surface area (Å²) in [7, 11) is 0. The Kier molecular flexibility index (Phi) is 3.06. The number of nitrogens with two attached hydrogens (primary N) is 1. The zero-order valence-electron chi connectivity index (χ0n) is 8.97. The average Bonchev–Trinajstić information content (AvgIpc) is 2.30. The summed E-state index contributed by atoms with van der Waals surface area (Å²) >= 11 is 1.69. The van der Waals surface area contributed by atoms with Gasteiger partial charge < -0.3 is 10.8 Å². The second-order valence-corrected chi connectivity index (χ2v) is 4.35. The third-order valence-corrected chi connectivity index (χ3v) is 3.20. The molecule has 0 fully saturated rings. The summed E-state index contributed by atoms with van der Waals surface area (Å²) in [5, 5.41) is 9.79. The first-order chi connectivity index (χ1) is 7.72. The Balaban J connectivity index is 2.50. The van der Waals surface area contributed by atoms with E-state index in [9.17, 15) is 5.11 Å². The summed E-state index contributed by atoms with van der Waals surface area (Å²) in [6.45, 7) is 0. The number of hydrogen-bond donors (Lipinski definition) is 2. The summed E-state index contributed by atoms with van der Waals surface area (Å²) in [6.07, 6.45) is 2.03. The largest absolute Gasteiger partial charge is 0.507 e. The second kappa shape index (κ2) is 4.49. The molecule has 0 heterocycles. The van der Waals surface area contributed by atoms with Gasteiger partial charge in [0.25, 0.3) is 0 Å². The molecular formula is C13H13NOS. The van der Waals surface area contributed by atoms with Crippen LogP contribution in [0.4, 0.5) is 5.69 Å². The number of aromatic hydroxyl groups is 1. The minimum absolute atomic E-state index is 0.219. The minimum atomic E-state index is 0.219. The number of hydrogen-bond acceptors (Lipinski definition) is 3. The molecule has 82 valence electrons. The molecule has 3 N–H and O–H groups in total. The van der Waals surface area contributed by atoms with Crippen LogP contribution in [0.1, 0.15) is 0 Å². The normalized spacial score (nSPS) is 10.3. The van der Waals surface area contributed by atoms with Gasteiger partial charge in [-0.3, -0.25) is 0 Å². The summed E-state index contributed by atoms with van der Waals surface area (Å²) in [6, 6.07) is 13.2. The molecule has 2 rings (SSSR count). The maximum absolute atomic E-state index is 9.79. The highest BCUT2D eigenvalue weighted by atomic mass is 32.2. The third-order valence-electron chi connectivity index (χ3n) is 2.45. The molecule has 0 aliphatic heterocycles. The minimum Gasteiger partial charge on any atom is -0.507 e. The molecule has 3 heteroatoms. The first kappa shape index (κ1) is 10.9. The van der Waals surface area contributed by atoms with Gasteiger partial charge in [0.1, 0.15) is 5.75 Å². The van der Waals surface area contributed by atoms with Crippen LogP contribution in [-0.4, -0.2) is 11.4 Å². The Morgan fingerprint density at radius 2 is 1.75 bits per heavy atom. The van der Waals surface area contributed by atoms with Gasteiger partial charge in [0.2, 0.25) is 0 Å². The van der Waals surface area contributed by atoms with Crippen LogP contribution in [0.5, 0.6) is 5.75 Å². The van der Waals surface area contributed by atoms with Gasteiger partial charge in [-0.25, -0.2) is 0 Å². The van der Waals surface area contributed by atoms with Gasteiger partial charge >= 0.3 is 0 Å². The lowest BCUT2D eigenvalue weighted by Crippen LogP contribution is -1.90. The highest BCUT2D eigenvalue weighted by molar-refractivity contribution is 7.98. The number of phenolic OH excluding ortho intramolecular Hbond substituents is 1. The standard InChI is InChI=1S/C13H13NOS/c1-16-10-7-5-9(6-8-10)13-11(14)3-2-4-12(13)15/h2-8,15H,14H2,1H3. The van der Waals surface area contributed by atoms with E-state index in [1.807, 2.05) is 30.5 Å².